The second kappa shape index (κ2) is 4.95. The topological polar surface area (TPSA) is 55.6 Å². The molecule has 0 bridgehead atoms. The number of hydrogen-bond donors (Lipinski definition) is 1. The summed E-state index contributed by atoms with van der Waals surface area (Å²) in [6.45, 7) is 4.22. The van der Waals surface area contributed by atoms with Crippen molar-refractivity contribution < 1.29 is 0 Å². The van der Waals surface area contributed by atoms with Crippen LogP contribution in [0.15, 0.2) is 18.5 Å². The molecule has 0 amide bonds. The molecule has 2 aromatic rings. The van der Waals surface area contributed by atoms with Crippen molar-refractivity contribution >= 4 is 5.82 Å². The monoisotopic (exact) mass is 231 g/mol. The molecule has 0 atom stereocenters. The molecule has 0 saturated carbocycles. The Kier molecular flexibility index (Phi) is 3.37. The maximum Gasteiger partial charge on any atom is 0.159 e. The van der Waals surface area contributed by atoms with Gasteiger partial charge in [-0.15, -0.1) is 0 Å². The van der Waals surface area contributed by atoms with Crippen LogP contribution in [0.2, 0.25) is 0 Å². The molecule has 0 aliphatic heterocycles. The molecule has 0 aliphatic carbocycles. The van der Waals surface area contributed by atoms with E-state index < -0.39 is 0 Å². The van der Waals surface area contributed by atoms with Crippen LogP contribution in [0.1, 0.15) is 25.2 Å². The van der Waals surface area contributed by atoms with E-state index in [1.165, 1.54) is 5.69 Å². The first-order chi connectivity index (χ1) is 8.28. The molecule has 0 radical (unpaired) electrons. The zero-order chi connectivity index (χ0) is 12.3. The van der Waals surface area contributed by atoms with Gasteiger partial charge in [-0.2, -0.15) is 5.10 Å². The van der Waals surface area contributed by atoms with Crippen molar-refractivity contribution in [2.75, 3.05) is 12.4 Å². The zero-order valence-corrected chi connectivity index (χ0v) is 10.4. The Morgan fingerprint density at radius 2 is 2.00 bits per heavy atom. The van der Waals surface area contributed by atoms with Gasteiger partial charge in [-0.3, -0.25) is 0 Å². The van der Waals surface area contributed by atoms with Gasteiger partial charge in [-0.25, -0.2) is 14.6 Å². The molecule has 17 heavy (non-hydrogen) atoms. The van der Waals surface area contributed by atoms with Gasteiger partial charge >= 0.3 is 0 Å². The van der Waals surface area contributed by atoms with E-state index in [1.54, 1.807) is 6.33 Å². The van der Waals surface area contributed by atoms with Crippen LogP contribution in [0.3, 0.4) is 0 Å². The number of rotatable bonds is 4. The summed E-state index contributed by atoms with van der Waals surface area (Å²) < 4.78 is 1.89. The Morgan fingerprint density at radius 3 is 2.65 bits per heavy atom. The lowest BCUT2D eigenvalue weighted by Crippen LogP contribution is -2.05. The van der Waals surface area contributed by atoms with Gasteiger partial charge in [0.25, 0.3) is 0 Å². The van der Waals surface area contributed by atoms with E-state index in [-0.39, 0.29) is 0 Å². The second-order valence-electron chi connectivity index (χ2n) is 3.76. The van der Waals surface area contributed by atoms with Crippen LogP contribution in [-0.4, -0.2) is 26.8 Å². The normalized spacial score (nSPS) is 10.5. The van der Waals surface area contributed by atoms with Gasteiger partial charge in [0.1, 0.15) is 12.1 Å². The Hall–Kier alpha value is -1.91. The lowest BCUT2D eigenvalue weighted by atomic mass is 10.2. The van der Waals surface area contributed by atoms with Crippen LogP contribution in [-0.2, 0) is 12.8 Å². The molecule has 0 spiro atoms. The summed E-state index contributed by atoms with van der Waals surface area (Å²) in [6.07, 6.45) is 3.42. The lowest BCUT2D eigenvalue weighted by Gasteiger charge is -2.05. The van der Waals surface area contributed by atoms with Crippen molar-refractivity contribution in [2.24, 2.45) is 0 Å². The Labute approximate surface area is 101 Å². The molecule has 1 N–H and O–H groups in total. The molecule has 0 fully saturated rings. The zero-order valence-electron chi connectivity index (χ0n) is 10.4. The Bertz CT molecular complexity index is 503. The van der Waals surface area contributed by atoms with Crippen molar-refractivity contribution in [1.82, 2.24) is 19.7 Å². The van der Waals surface area contributed by atoms with Gasteiger partial charge in [-0.1, -0.05) is 13.8 Å². The molecule has 0 aliphatic rings. The quantitative estimate of drug-likeness (QED) is 0.872. The van der Waals surface area contributed by atoms with Crippen LogP contribution in [0, 0.1) is 0 Å². The highest BCUT2D eigenvalue weighted by Gasteiger charge is 2.08. The number of nitrogens with zero attached hydrogens (tertiary/aromatic N) is 4. The number of aryl methyl sites for hydroxylation is 2. The number of hydrogen-bond acceptors (Lipinski definition) is 4. The minimum atomic E-state index is 0.797. The second-order valence-corrected chi connectivity index (χ2v) is 3.76. The molecule has 0 unspecified atom stereocenters. The standard InChI is InChI=1S/C12H17N5/c1-4-9-6-10(5-2)17(16-9)12-7-11(13-3)14-8-15-12/h6-8H,4-5H2,1-3H3,(H,13,14,15). The van der Waals surface area contributed by atoms with Gasteiger partial charge in [0.15, 0.2) is 5.82 Å². The molecule has 2 heterocycles. The highest BCUT2D eigenvalue weighted by atomic mass is 15.3. The fraction of sp³-hybridized carbons (Fsp3) is 0.417. The highest BCUT2D eigenvalue weighted by Crippen LogP contribution is 2.13. The summed E-state index contributed by atoms with van der Waals surface area (Å²) in [5, 5.41) is 7.55. The smallest absolute Gasteiger partial charge is 0.159 e. The summed E-state index contributed by atoms with van der Waals surface area (Å²) in [4.78, 5) is 8.37. The molecule has 2 aromatic heterocycles. The summed E-state index contributed by atoms with van der Waals surface area (Å²) in [5.41, 5.74) is 2.26. The van der Waals surface area contributed by atoms with E-state index in [2.05, 4.69) is 40.3 Å². The Morgan fingerprint density at radius 1 is 1.18 bits per heavy atom. The van der Waals surface area contributed by atoms with E-state index in [0.29, 0.717) is 0 Å². The Balaban J connectivity index is 2.47. The van der Waals surface area contributed by atoms with E-state index in [1.807, 2.05) is 17.8 Å². The van der Waals surface area contributed by atoms with Gasteiger partial charge in [0, 0.05) is 18.8 Å². The van der Waals surface area contributed by atoms with Crippen LogP contribution in [0.5, 0.6) is 0 Å². The van der Waals surface area contributed by atoms with E-state index in [9.17, 15) is 0 Å². The van der Waals surface area contributed by atoms with Crippen molar-refractivity contribution in [1.29, 1.82) is 0 Å². The first-order valence-electron chi connectivity index (χ1n) is 5.86. The molecule has 5 nitrogen and oxygen atoms in total. The largest absolute Gasteiger partial charge is 0.373 e. The third kappa shape index (κ3) is 2.27. The van der Waals surface area contributed by atoms with Crippen molar-refractivity contribution in [3.63, 3.8) is 0 Å². The number of anilines is 1. The minimum Gasteiger partial charge on any atom is -0.373 e. The van der Waals surface area contributed by atoms with Gasteiger partial charge in [0.05, 0.1) is 5.69 Å². The van der Waals surface area contributed by atoms with Gasteiger partial charge in [0.2, 0.25) is 0 Å². The number of nitrogens with one attached hydrogen (secondary N) is 1. The molecular formula is C12H17N5. The van der Waals surface area contributed by atoms with Gasteiger partial charge < -0.3 is 5.32 Å². The fourth-order valence-corrected chi connectivity index (χ4v) is 1.70. The predicted octanol–water partition coefficient (Wildman–Crippen LogP) is 1.83. The number of aromatic nitrogens is 4. The third-order valence-electron chi connectivity index (χ3n) is 2.68. The summed E-state index contributed by atoms with van der Waals surface area (Å²) >= 11 is 0. The van der Waals surface area contributed by atoms with Crippen LogP contribution < -0.4 is 5.32 Å². The predicted molar refractivity (Wildman–Crippen MR) is 67.5 cm³/mol. The SMILES string of the molecule is CCc1cc(CC)n(-c2cc(NC)ncn2)n1. The maximum absolute atomic E-state index is 4.54. The maximum atomic E-state index is 4.54. The van der Waals surface area contributed by atoms with Crippen molar-refractivity contribution in [3.8, 4) is 5.82 Å². The van der Waals surface area contributed by atoms with Crippen LogP contribution in [0.4, 0.5) is 5.82 Å². The lowest BCUT2D eigenvalue weighted by molar-refractivity contribution is 0.769. The third-order valence-corrected chi connectivity index (χ3v) is 2.68. The van der Waals surface area contributed by atoms with E-state index >= 15 is 0 Å². The van der Waals surface area contributed by atoms with Gasteiger partial charge in [-0.05, 0) is 18.9 Å². The molecule has 2 rings (SSSR count). The van der Waals surface area contributed by atoms with Crippen molar-refractivity contribution in [3.05, 3.63) is 29.8 Å². The summed E-state index contributed by atoms with van der Waals surface area (Å²) in [6, 6.07) is 4.02. The molecule has 5 heteroatoms. The first-order valence-corrected chi connectivity index (χ1v) is 5.86. The molecule has 0 aromatic carbocycles. The first kappa shape index (κ1) is 11.6. The average molecular weight is 231 g/mol. The summed E-state index contributed by atoms with van der Waals surface area (Å²) in [7, 11) is 1.84. The van der Waals surface area contributed by atoms with Crippen LogP contribution >= 0.6 is 0 Å². The molecular weight excluding hydrogens is 214 g/mol. The minimum absolute atomic E-state index is 0.797. The van der Waals surface area contributed by atoms with Crippen molar-refractivity contribution in [2.45, 2.75) is 26.7 Å². The average Bonchev–Trinajstić information content (AvgIpc) is 2.82. The fourth-order valence-electron chi connectivity index (χ4n) is 1.70. The van der Waals surface area contributed by atoms with Crippen LogP contribution in [0.25, 0.3) is 5.82 Å². The molecule has 90 valence electrons. The van der Waals surface area contributed by atoms with E-state index in [4.69, 9.17) is 0 Å². The highest BCUT2D eigenvalue weighted by molar-refractivity contribution is 5.40. The van der Waals surface area contributed by atoms with E-state index in [0.717, 1.165) is 30.2 Å². The molecule has 0 saturated heterocycles. The summed E-state index contributed by atoms with van der Waals surface area (Å²) in [5.74, 6) is 1.60.